The number of amides is 3. The molecule has 3 heterocycles. The Morgan fingerprint density at radius 3 is 2.74 bits per heavy atom. The maximum atomic E-state index is 12.8. The van der Waals surface area contributed by atoms with Gasteiger partial charge in [-0.2, -0.15) is 0 Å². The first kappa shape index (κ1) is 19.5. The Balaban J connectivity index is 1.25. The van der Waals surface area contributed by atoms with Crippen LogP contribution in [0.4, 0.5) is 10.5 Å². The number of anilines is 1. The largest absolute Gasteiger partial charge is 0.442 e. The van der Waals surface area contributed by atoms with Gasteiger partial charge >= 0.3 is 6.09 Å². The zero-order chi connectivity index (χ0) is 21.6. The van der Waals surface area contributed by atoms with Gasteiger partial charge in [0, 0.05) is 43.5 Å². The van der Waals surface area contributed by atoms with E-state index in [1.807, 2.05) is 17.0 Å². The van der Waals surface area contributed by atoms with Gasteiger partial charge in [0.2, 0.25) is 5.91 Å². The molecule has 8 heteroatoms. The molecule has 3 fully saturated rings. The van der Waals surface area contributed by atoms with E-state index in [1.54, 1.807) is 29.4 Å². The Labute approximate surface area is 180 Å². The fourth-order valence-electron chi connectivity index (χ4n) is 4.83. The molecule has 1 saturated carbocycles. The van der Waals surface area contributed by atoms with E-state index in [0.717, 1.165) is 18.7 Å². The second-order valence-electron chi connectivity index (χ2n) is 8.58. The highest BCUT2D eigenvalue weighted by Gasteiger charge is 2.61. The first-order chi connectivity index (χ1) is 15.0. The number of hydrogen-bond donors (Lipinski definition) is 1. The quantitative estimate of drug-likeness (QED) is 0.798. The molecule has 0 radical (unpaired) electrons. The standard InChI is InChI=1S/C23H24N4O4/c1-15(28)25-11-20-13-27(22(30)31-20)19-6-4-17(5-7-19)23-9-18(23)12-26(14-23)21(29)16-3-2-8-24-10-16/h2-8,10,18,20H,9,11-14H2,1H3,(H,25,28). The van der Waals surface area contributed by atoms with E-state index in [2.05, 4.69) is 22.4 Å². The number of hydrogen-bond acceptors (Lipinski definition) is 5. The number of fused-ring (bicyclic) bond motifs is 1. The molecule has 8 nitrogen and oxygen atoms in total. The Hall–Kier alpha value is -3.42. The van der Waals surface area contributed by atoms with Crippen LogP contribution in [0.2, 0.25) is 0 Å². The Bertz CT molecular complexity index is 1030. The van der Waals surface area contributed by atoms with E-state index in [9.17, 15) is 14.4 Å². The molecule has 3 amide bonds. The van der Waals surface area contributed by atoms with Crippen LogP contribution in [0.1, 0.15) is 29.3 Å². The minimum absolute atomic E-state index is 0.00978. The van der Waals surface area contributed by atoms with Gasteiger partial charge in [0.15, 0.2) is 0 Å². The lowest BCUT2D eigenvalue weighted by molar-refractivity contribution is -0.119. The maximum absolute atomic E-state index is 12.8. The lowest BCUT2D eigenvalue weighted by Crippen LogP contribution is -2.33. The number of aromatic nitrogens is 1. The van der Waals surface area contributed by atoms with Crippen LogP contribution in [0.3, 0.4) is 0 Å². The summed E-state index contributed by atoms with van der Waals surface area (Å²) in [6.45, 7) is 3.61. The predicted molar refractivity (Wildman–Crippen MR) is 113 cm³/mol. The summed E-state index contributed by atoms with van der Waals surface area (Å²) in [5, 5.41) is 2.68. The number of benzene rings is 1. The third-order valence-electron chi connectivity index (χ3n) is 6.55. The van der Waals surface area contributed by atoms with Crippen molar-refractivity contribution in [3.63, 3.8) is 0 Å². The molecule has 0 bridgehead atoms. The maximum Gasteiger partial charge on any atom is 0.414 e. The van der Waals surface area contributed by atoms with E-state index in [-0.39, 0.29) is 23.3 Å². The summed E-state index contributed by atoms with van der Waals surface area (Å²) in [4.78, 5) is 43.7. The van der Waals surface area contributed by atoms with Gasteiger partial charge in [0.25, 0.3) is 5.91 Å². The SMILES string of the molecule is CC(=O)NCC1CN(c2ccc(C34CC3CN(C(=O)c3cccnc3)C4)cc2)C(=O)O1. The molecule has 0 spiro atoms. The van der Waals surface area contributed by atoms with Crippen LogP contribution in [0.15, 0.2) is 48.8 Å². The number of piperidine rings is 1. The number of ether oxygens (including phenoxy) is 1. The minimum atomic E-state index is -0.403. The van der Waals surface area contributed by atoms with Crippen LogP contribution in [0.25, 0.3) is 0 Å². The fraction of sp³-hybridized carbons (Fsp3) is 0.391. The van der Waals surface area contributed by atoms with E-state index >= 15 is 0 Å². The van der Waals surface area contributed by atoms with Gasteiger partial charge in [-0.3, -0.25) is 19.5 Å². The number of carbonyl (C=O) groups is 3. The normalized spacial score (nSPS) is 26.4. The van der Waals surface area contributed by atoms with Crippen molar-refractivity contribution in [2.45, 2.75) is 24.9 Å². The van der Waals surface area contributed by atoms with Gasteiger partial charge in [-0.15, -0.1) is 0 Å². The highest BCUT2D eigenvalue weighted by molar-refractivity contribution is 5.94. The molecule has 3 atom stereocenters. The Morgan fingerprint density at radius 2 is 2.03 bits per heavy atom. The lowest BCUT2D eigenvalue weighted by Gasteiger charge is -2.22. The van der Waals surface area contributed by atoms with Crippen molar-refractivity contribution < 1.29 is 19.1 Å². The van der Waals surface area contributed by atoms with Gasteiger partial charge in [-0.1, -0.05) is 12.1 Å². The molecule has 1 aliphatic carbocycles. The van der Waals surface area contributed by atoms with Gasteiger partial charge in [-0.05, 0) is 42.2 Å². The fourth-order valence-corrected chi connectivity index (χ4v) is 4.83. The zero-order valence-corrected chi connectivity index (χ0v) is 17.3. The summed E-state index contributed by atoms with van der Waals surface area (Å²) in [7, 11) is 0. The average molecular weight is 420 g/mol. The predicted octanol–water partition coefficient (Wildman–Crippen LogP) is 1.96. The van der Waals surface area contributed by atoms with Crippen molar-refractivity contribution in [1.29, 1.82) is 0 Å². The molecule has 1 aromatic heterocycles. The number of nitrogens with one attached hydrogen (secondary N) is 1. The topological polar surface area (TPSA) is 91.8 Å². The Morgan fingerprint density at radius 1 is 1.23 bits per heavy atom. The van der Waals surface area contributed by atoms with Gasteiger partial charge in [-0.25, -0.2) is 4.79 Å². The van der Waals surface area contributed by atoms with Gasteiger partial charge in [0.1, 0.15) is 6.10 Å². The molecule has 1 N–H and O–H groups in total. The molecular weight excluding hydrogens is 396 g/mol. The third-order valence-corrected chi connectivity index (χ3v) is 6.55. The average Bonchev–Trinajstić information content (AvgIpc) is 3.15. The third kappa shape index (κ3) is 3.52. The highest BCUT2D eigenvalue weighted by Crippen LogP contribution is 2.59. The molecule has 160 valence electrons. The summed E-state index contributed by atoms with van der Waals surface area (Å²) in [5.74, 6) is 0.351. The van der Waals surface area contributed by atoms with Crippen molar-refractivity contribution in [2.24, 2.45) is 5.92 Å². The monoisotopic (exact) mass is 420 g/mol. The van der Waals surface area contributed by atoms with Crippen LogP contribution >= 0.6 is 0 Å². The molecule has 2 aliphatic heterocycles. The van der Waals surface area contributed by atoms with E-state index in [4.69, 9.17) is 4.74 Å². The zero-order valence-electron chi connectivity index (χ0n) is 17.3. The highest BCUT2D eigenvalue weighted by atomic mass is 16.6. The van der Waals surface area contributed by atoms with Gasteiger partial charge in [0.05, 0.1) is 18.7 Å². The van der Waals surface area contributed by atoms with Gasteiger partial charge < -0.3 is 15.0 Å². The molecule has 31 heavy (non-hydrogen) atoms. The van der Waals surface area contributed by atoms with Crippen LogP contribution in [-0.4, -0.2) is 60.1 Å². The number of nitrogens with zero attached hydrogens (tertiary/aromatic N) is 3. The van der Waals surface area contributed by atoms with E-state index < -0.39 is 6.09 Å². The second-order valence-corrected chi connectivity index (χ2v) is 8.58. The molecule has 1 aromatic carbocycles. The number of cyclic esters (lactones) is 1. The summed E-state index contributed by atoms with van der Waals surface area (Å²) in [5.41, 5.74) is 2.60. The first-order valence-corrected chi connectivity index (χ1v) is 10.5. The molecule has 2 saturated heterocycles. The van der Waals surface area contributed by atoms with Crippen LogP contribution in [-0.2, 0) is 14.9 Å². The van der Waals surface area contributed by atoms with E-state index in [1.165, 1.54) is 12.5 Å². The summed E-state index contributed by atoms with van der Waals surface area (Å²) < 4.78 is 5.34. The first-order valence-electron chi connectivity index (χ1n) is 10.5. The van der Waals surface area contributed by atoms with E-state index in [0.29, 0.717) is 31.1 Å². The number of carbonyl (C=O) groups excluding carboxylic acids is 3. The molecular formula is C23H24N4O4. The minimum Gasteiger partial charge on any atom is -0.442 e. The van der Waals surface area contributed by atoms with Crippen molar-refractivity contribution in [3.05, 3.63) is 59.9 Å². The van der Waals surface area contributed by atoms with Crippen molar-refractivity contribution in [1.82, 2.24) is 15.2 Å². The van der Waals surface area contributed by atoms with Crippen LogP contribution in [0.5, 0.6) is 0 Å². The lowest BCUT2D eigenvalue weighted by atomic mass is 9.94. The van der Waals surface area contributed by atoms with Crippen LogP contribution in [0, 0.1) is 5.92 Å². The summed E-state index contributed by atoms with van der Waals surface area (Å²) >= 11 is 0. The molecule has 3 unspecified atom stereocenters. The second kappa shape index (κ2) is 7.37. The van der Waals surface area contributed by atoms with Crippen molar-refractivity contribution in [3.8, 4) is 0 Å². The number of rotatable bonds is 5. The molecule has 5 rings (SSSR count). The van der Waals surface area contributed by atoms with Crippen LogP contribution < -0.4 is 10.2 Å². The summed E-state index contributed by atoms with van der Waals surface area (Å²) in [6, 6.07) is 11.6. The number of pyridine rings is 1. The Kier molecular flexibility index (Phi) is 4.64. The molecule has 2 aromatic rings. The number of likely N-dealkylation sites (tertiary alicyclic amines) is 1. The molecule has 3 aliphatic rings. The van der Waals surface area contributed by atoms with Crippen molar-refractivity contribution >= 4 is 23.6 Å². The smallest absolute Gasteiger partial charge is 0.414 e. The van der Waals surface area contributed by atoms with Crippen molar-refractivity contribution in [2.75, 3.05) is 31.1 Å². The summed E-state index contributed by atoms with van der Waals surface area (Å²) in [6.07, 6.45) is 3.60.